The minimum absolute atomic E-state index is 0.750. The van der Waals surface area contributed by atoms with Gasteiger partial charge in [-0.3, -0.25) is 0 Å². The third-order valence-corrected chi connectivity index (χ3v) is 3.88. The molecule has 0 aromatic heterocycles. The third kappa shape index (κ3) is 6.44. The minimum Gasteiger partial charge on any atom is -0.316 e. The Kier molecular flexibility index (Phi) is 7.48. The Morgan fingerprint density at radius 1 is 1.05 bits per heavy atom. The van der Waals surface area contributed by atoms with Gasteiger partial charge >= 0.3 is 0 Å². The number of hydrogen-bond donors (Lipinski definition) is 1. The van der Waals surface area contributed by atoms with Crippen LogP contribution in [0.5, 0.6) is 0 Å². The lowest BCUT2D eigenvalue weighted by Crippen LogP contribution is -2.20. The zero-order valence-corrected chi connectivity index (χ0v) is 13.6. The molecule has 1 aromatic rings. The fourth-order valence-electron chi connectivity index (χ4n) is 2.24. The van der Waals surface area contributed by atoms with Crippen LogP contribution >= 0.6 is 11.6 Å². The summed E-state index contributed by atoms with van der Waals surface area (Å²) >= 11 is 6.12. The summed E-state index contributed by atoms with van der Waals surface area (Å²) in [5.74, 6) is 0.750. The van der Waals surface area contributed by atoms with Crippen molar-refractivity contribution in [2.45, 2.75) is 53.4 Å². The van der Waals surface area contributed by atoms with Crippen LogP contribution in [-0.4, -0.2) is 13.1 Å². The summed E-state index contributed by atoms with van der Waals surface area (Å²) in [4.78, 5) is 0. The van der Waals surface area contributed by atoms with E-state index in [9.17, 15) is 0 Å². The molecule has 2 heteroatoms. The SMILES string of the molecule is Cc1cc(CCCCCNCC(C)C)c(C)cc1Cl. The molecule has 0 bridgehead atoms. The molecule has 0 fully saturated rings. The normalized spacial score (nSPS) is 11.3. The first-order valence-corrected chi connectivity index (χ1v) is 7.85. The summed E-state index contributed by atoms with van der Waals surface area (Å²) in [7, 11) is 0. The first kappa shape index (κ1) is 16.5. The molecule has 19 heavy (non-hydrogen) atoms. The maximum atomic E-state index is 6.12. The zero-order chi connectivity index (χ0) is 14.3. The van der Waals surface area contributed by atoms with Crippen LogP contribution in [0.25, 0.3) is 0 Å². The fourth-order valence-corrected chi connectivity index (χ4v) is 2.46. The maximum absolute atomic E-state index is 6.12. The fraction of sp³-hybridized carbons (Fsp3) is 0.647. The lowest BCUT2D eigenvalue weighted by atomic mass is 10.00. The van der Waals surface area contributed by atoms with Gasteiger partial charge in [-0.05, 0) is 74.9 Å². The standard InChI is InChI=1S/C17H28ClN/c1-13(2)12-19-9-7-5-6-8-16-10-15(4)17(18)11-14(16)3/h10-11,13,19H,5-9,12H2,1-4H3. The summed E-state index contributed by atoms with van der Waals surface area (Å²) in [6.45, 7) is 11.0. The molecule has 1 nitrogen and oxygen atoms in total. The monoisotopic (exact) mass is 281 g/mol. The Balaban J connectivity index is 2.21. The molecule has 0 unspecified atom stereocenters. The predicted molar refractivity (Wildman–Crippen MR) is 86.2 cm³/mol. The van der Waals surface area contributed by atoms with Gasteiger partial charge in [-0.25, -0.2) is 0 Å². The number of rotatable bonds is 8. The molecule has 0 spiro atoms. The Bertz CT molecular complexity index is 385. The molecule has 0 atom stereocenters. The number of aryl methyl sites for hydroxylation is 3. The molecule has 1 N–H and O–H groups in total. The van der Waals surface area contributed by atoms with Crippen LogP contribution < -0.4 is 5.32 Å². The van der Waals surface area contributed by atoms with Gasteiger partial charge in [-0.2, -0.15) is 0 Å². The lowest BCUT2D eigenvalue weighted by Gasteiger charge is -2.09. The van der Waals surface area contributed by atoms with Crippen molar-refractivity contribution in [3.8, 4) is 0 Å². The Hall–Kier alpha value is -0.530. The summed E-state index contributed by atoms with van der Waals surface area (Å²) in [6.07, 6.45) is 5.02. The van der Waals surface area contributed by atoms with E-state index in [0.717, 1.165) is 24.0 Å². The number of unbranched alkanes of at least 4 members (excludes halogenated alkanes) is 2. The van der Waals surface area contributed by atoms with Gasteiger partial charge in [0.05, 0.1) is 0 Å². The van der Waals surface area contributed by atoms with Gasteiger partial charge in [0.2, 0.25) is 0 Å². The van der Waals surface area contributed by atoms with Crippen molar-refractivity contribution < 1.29 is 0 Å². The van der Waals surface area contributed by atoms with E-state index in [0.29, 0.717) is 0 Å². The first-order valence-electron chi connectivity index (χ1n) is 7.47. The van der Waals surface area contributed by atoms with Crippen molar-refractivity contribution >= 4 is 11.6 Å². The highest BCUT2D eigenvalue weighted by molar-refractivity contribution is 6.31. The van der Waals surface area contributed by atoms with E-state index in [1.165, 1.54) is 42.4 Å². The van der Waals surface area contributed by atoms with E-state index in [2.05, 4.69) is 45.1 Å². The van der Waals surface area contributed by atoms with Gasteiger partial charge in [-0.1, -0.05) is 37.9 Å². The van der Waals surface area contributed by atoms with Gasteiger partial charge in [0.15, 0.2) is 0 Å². The van der Waals surface area contributed by atoms with Gasteiger partial charge < -0.3 is 5.32 Å². The van der Waals surface area contributed by atoms with Crippen molar-refractivity contribution in [3.05, 3.63) is 33.8 Å². The van der Waals surface area contributed by atoms with Crippen molar-refractivity contribution in [2.24, 2.45) is 5.92 Å². The lowest BCUT2D eigenvalue weighted by molar-refractivity contribution is 0.530. The molecular weight excluding hydrogens is 254 g/mol. The number of nitrogens with one attached hydrogen (secondary N) is 1. The smallest absolute Gasteiger partial charge is 0.0438 e. The van der Waals surface area contributed by atoms with E-state index >= 15 is 0 Å². The van der Waals surface area contributed by atoms with Crippen molar-refractivity contribution in [1.29, 1.82) is 0 Å². The van der Waals surface area contributed by atoms with Crippen LogP contribution in [0.4, 0.5) is 0 Å². The highest BCUT2D eigenvalue weighted by Gasteiger charge is 2.03. The van der Waals surface area contributed by atoms with E-state index in [1.807, 2.05) is 0 Å². The summed E-state index contributed by atoms with van der Waals surface area (Å²) < 4.78 is 0. The minimum atomic E-state index is 0.750. The van der Waals surface area contributed by atoms with Crippen LogP contribution in [0, 0.1) is 19.8 Å². The quantitative estimate of drug-likeness (QED) is 0.667. The number of hydrogen-bond acceptors (Lipinski definition) is 1. The van der Waals surface area contributed by atoms with E-state index in [1.54, 1.807) is 0 Å². The van der Waals surface area contributed by atoms with Gasteiger partial charge in [0.25, 0.3) is 0 Å². The molecule has 0 radical (unpaired) electrons. The topological polar surface area (TPSA) is 12.0 Å². The van der Waals surface area contributed by atoms with E-state index < -0.39 is 0 Å². The summed E-state index contributed by atoms with van der Waals surface area (Å²) in [5, 5.41) is 4.38. The van der Waals surface area contributed by atoms with Crippen LogP contribution in [0.2, 0.25) is 5.02 Å². The molecule has 1 aromatic carbocycles. The zero-order valence-electron chi connectivity index (χ0n) is 12.9. The Morgan fingerprint density at radius 2 is 1.79 bits per heavy atom. The Morgan fingerprint density at radius 3 is 2.47 bits per heavy atom. The molecule has 0 amide bonds. The van der Waals surface area contributed by atoms with Crippen molar-refractivity contribution in [2.75, 3.05) is 13.1 Å². The first-order chi connectivity index (χ1) is 9.00. The van der Waals surface area contributed by atoms with Crippen LogP contribution in [-0.2, 0) is 6.42 Å². The molecule has 108 valence electrons. The van der Waals surface area contributed by atoms with Crippen LogP contribution in [0.1, 0.15) is 49.8 Å². The molecule has 0 saturated heterocycles. The predicted octanol–water partition coefficient (Wildman–Crippen LogP) is 4.92. The third-order valence-electron chi connectivity index (χ3n) is 3.47. The number of benzene rings is 1. The van der Waals surface area contributed by atoms with Crippen LogP contribution in [0.15, 0.2) is 12.1 Å². The van der Waals surface area contributed by atoms with Gasteiger partial charge in [-0.15, -0.1) is 0 Å². The van der Waals surface area contributed by atoms with Gasteiger partial charge in [0, 0.05) is 5.02 Å². The second-order valence-corrected chi connectivity index (χ2v) is 6.34. The van der Waals surface area contributed by atoms with Gasteiger partial charge in [0.1, 0.15) is 0 Å². The van der Waals surface area contributed by atoms with Crippen molar-refractivity contribution in [1.82, 2.24) is 5.32 Å². The molecule has 0 aliphatic carbocycles. The molecule has 0 saturated carbocycles. The highest BCUT2D eigenvalue weighted by atomic mass is 35.5. The Labute approximate surface area is 123 Å². The maximum Gasteiger partial charge on any atom is 0.0438 e. The molecule has 1 rings (SSSR count). The largest absolute Gasteiger partial charge is 0.316 e. The molecule has 0 aliphatic rings. The van der Waals surface area contributed by atoms with Crippen molar-refractivity contribution in [3.63, 3.8) is 0 Å². The second kappa shape index (κ2) is 8.60. The average molecular weight is 282 g/mol. The second-order valence-electron chi connectivity index (χ2n) is 5.94. The molecule has 0 heterocycles. The van der Waals surface area contributed by atoms with E-state index in [-0.39, 0.29) is 0 Å². The average Bonchev–Trinajstić information content (AvgIpc) is 2.33. The molecule has 0 aliphatic heterocycles. The molecular formula is C17H28ClN. The van der Waals surface area contributed by atoms with Crippen LogP contribution in [0.3, 0.4) is 0 Å². The van der Waals surface area contributed by atoms with E-state index in [4.69, 9.17) is 11.6 Å². The summed E-state index contributed by atoms with van der Waals surface area (Å²) in [6, 6.07) is 4.34. The number of halogens is 1. The highest BCUT2D eigenvalue weighted by Crippen LogP contribution is 2.21. The summed E-state index contributed by atoms with van der Waals surface area (Å²) in [5.41, 5.74) is 3.98.